The van der Waals surface area contributed by atoms with E-state index in [9.17, 15) is 4.79 Å². The summed E-state index contributed by atoms with van der Waals surface area (Å²) in [6.07, 6.45) is 6.14. The molecule has 1 spiro atoms. The predicted molar refractivity (Wildman–Crippen MR) is 87.2 cm³/mol. The topological polar surface area (TPSA) is 37.3 Å². The van der Waals surface area contributed by atoms with E-state index >= 15 is 0 Å². The molecule has 1 aromatic heterocycles. The molecule has 0 bridgehead atoms. The number of piperidine rings is 1. The molecule has 120 valence electrons. The van der Waals surface area contributed by atoms with Gasteiger partial charge < -0.3 is 14.8 Å². The van der Waals surface area contributed by atoms with Crippen molar-refractivity contribution < 1.29 is 4.79 Å². The summed E-state index contributed by atoms with van der Waals surface area (Å²) in [7, 11) is 0. The monoisotopic (exact) mass is 301 g/mol. The van der Waals surface area contributed by atoms with Gasteiger partial charge >= 0.3 is 0 Å². The predicted octanol–water partition coefficient (Wildman–Crippen LogP) is 2.66. The van der Waals surface area contributed by atoms with Crippen molar-refractivity contribution in [1.29, 1.82) is 0 Å². The highest BCUT2D eigenvalue weighted by Crippen LogP contribution is 2.40. The first kappa shape index (κ1) is 14.3. The van der Waals surface area contributed by atoms with Crippen molar-refractivity contribution >= 4 is 5.91 Å². The van der Waals surface area contributed by atoms with E-state index in [1.165, 1.54) is 30.7 Å². The van der Waals surface area contributed by atoms with E-state index in [4.69, 9.17) is 0 Å². The Morgan fingerprint density at radius 3 is 2.55 bits per heavy atom. The molecule has 3 heterocycles. The van der Waals surface area contributed by atoms with E-state index in [1.54, 1.807) is 0 Å². The fourth-order valence-electron chi connectivity index (χ4n) is 4.47. The van der Waals surface area contributed by atoms with Crippen LogP contribution in [-0.2, 0) is 0 Å². The minimum absolute atomic E-state index is 0.251. The molecule has 1 aromatic rings. The summed E-state index contributed by atoms with van der Waals surface area (Å²) < 4.78 is 2.37. The fourth-order valence-corrected chi connectivity index (χ4v) is 4.47. The van der Waals surface area contributed by atoms with E-state index in [-0.39, 0.29) is 5.91 Å². The lowest BCUT2D eigenvalue weighted by Crippen LogP contribution is -2.44. The van der Waals surface area contributed by atoms with Gasteiger partial charge in [-0.25, -0.2) is 0 Å². The van der Waals surface area contributed by atoms with Gasteiger partial charge in [0.2, 0.25) is 0 Å². The number of carbonyl (C=O) groups excluding carboxylic acids is 1. The van der Waals surface area contributed by atoms with Gasteiger partial charge in [-0.1, -0.05) is 0 Å². The summed E-state index contributed by atoms with van der Waals surface area (Å²) in [5, 5.41) is 3.49. The molecule has 0 unspecified atom stereocenters. The normalized spacial score (nSPS) is 24.2. The van der Waals surface area contributed by atoms with Crippen LogP contribution in [-0.4, -0.2) is 41.6 Å². The number of likely N-dealkylation sites (tertiary alicyclic amines) is 1. The molecule has 1 aliphatic carbocycles. The zero-order valence-corrected chi connectivity index (χ0v) is 13.8. The average Bonchev–Trinajstić information content (AvgIpc) is 3.17. The smallest absolute Gasteiger partial charge is 0.255 e. The molecule has 1 N–H and O–H groups in total. The largest absolute Gasteiger partial charge is 0.345 e. The lowest BCUT2D eigenvalue weighted by Gasteiger charge is -2.38. The standard InChI is InChI=1S/C18H27N3O/c1-13-11-16(14(2)21(13)15-3-4-15)17(22)20-9-6-18(7-10-20)5-8-19-12-18/h11,15,19H,3-10,12H2,1-2H3. The van der Waals surface area contributed by atoms with Crippen molar-refractivity contribution in [3.05, 3.63) is 23.0 Å². The third-order valence-corrected chi connectivity index (χ3v) is 6.07. The van der Waals surface area contributed by atoms with Crippen LogP contribution >= 0.6 is 0 Å². The first-order valence-electron chi connectivity index (χ1n) is 8.78. The molecular formula is C18H27N3O. The van der Waals surface area contributed by atoms with E-state index < -0.39 is 0 Å². The molecule has 4 nitrogen and oxygen atoms in total. The minimum atomic E-state index is 0.251. The maximum absolute atomic E-state index is 12.9. The molecule has 1 amide bonds. The first-order valence-corrected chi connectivity index (χ1v) is 8.78. The molecule has 2 saturated heterocycles. The number of aryl methyl sites for hydroxylation is 1. The van der Waals surface area contributed by atoms with E-state index in [0.29, 0.717) is 11.5 Å². The van der Waals surface area contributed by atoms with Crippen LogP contribution in [0.3, 0.4) is 0 Å². The second-order valence-corrected chi connectivity index (χ2v) is 7.60. The Kier molecular flexibility index (Phi) is 3.33. The van der Waals surface area contributed by atoms with Gasteiger partial charge in [0, 0.05) is 37.1 Å². The highest BCUT2D eigenvalue weighted by atomic mass is 16.2. The third kappa shape index (κ3) is 2.28. The second-order valence-electron chi connectivity index (χ2n) is 7.60. The Hall–Kier alpha value is -1.29. The van der Waals surface area contributed by atoms with Crippen molar-refractivity contribution in [1.82, 2.24) is 14.8 Å². The van der Waals surface area contributed by atoms with Crippen LogP contribution in [0.15, 0.2) is 6.07 Å². The van der Waals surface area contributed by atoms with Crippen LogP contribution in [0.1, 0.15) is 59.9 Å². The highest BCUT2D eigenvalue weighted by Gasteiger charge is 2.38. The highest BCUT2D eigenvalue weighted by molar-refractivity contribution is 5.95. The van der Waals surface area contributed by atoms with Crippen LogP contribution in [0, 0.1) is 19.3 Å². The van der Waals surface area contributed by atoms with Crippen molar-refractivity contribution in [2.75, 3.05) is 26.2 Å². The van der Waals surface area contributed by atoms with Crippen molar-refractivity contribution in [2.45, 2.75) is 52.0 Å². The summed E-state index contributed by atoms with van der Waals surface area (Å²) >= 11 is 0. The van der Waals surface area contributed by atoms with Crippen LogP contribution in [0.25, 0.3) is 0 Å². The van der Waals surface area contributed by atoms with Gasteiger partial charge in [0.1, 0.15) is 0 Å². The SMILES string of the molecule is Cc1cc(C(=O)N2CCC3(CCNC3)CC2)c(C)n1C1CC1. The molecule has 3 fully saturated rings. The van der Waals surface area contributed by atoms with Crippen LogP contribution in [0.2, 0.25) is 0 Å². The maximum Gasteiger partial charge on any atom is 0.255 e. The van der Waals surface area contributed by atoms with Gasteiger partial charge in [0.25, 0.3) is 5.91 Å². The Morgan fingerprint density at radius 2 is 1.95 bits per heavy atom. The van der Waals surface area contributed by atoms with E-state index in [0.717, 1.165) is 44.6 Å². The number of amides is 1. The number of hydrogen-bond donors (Lipinski definition) is 1. The maximum atomic E-state index is 12.9. The molecule has 0 atom stereocenters. The molecular weight excluding hydrogens is 274 g/mol. The van der Waals surface area contributed by atoms with E-state index in [2.05, 4.69) is 34.7 Å². The number of rotatable bonds is 2. The van der Waals surface area contributed by atoms with Gasteiger partial charge in [0.15, 0.2) is 0 Å². The van der Waals surface area contributed by atoms with Gasteiger partial charge in [0.05, 0.1) is 5.56 Å². The Bertz CT molecular complexity index is 584. The van der Waals surface area contributed by atoms with Gasteiger partial charge in [-0.3, -0.25) is 4.79 Å². The van der Waals surface area contributed by atoms with Crippen molar-refractivity contribution in [3.8, 4) is 0 Å². The number of aromatic nitrogens is 1. The van der Waals surface area contributed by atoms with Gasteiger partial charge in [-0.15, -0.1) is 0 Å². The fraction of sp³-hybridized carbons (Fsp3) is 0.722. The first-order chi connectivity index (χ1) is 10.6. The Morgan fingerprint density at radius 1 is 1.23 bits per heavy atom. The lowest BCUT2D eigenvalue weighted by atomic mass is 9.78. The molecule has 2 aliphatic heterocycles. The number of nitrogens with one attached hydrogen (secondary N) is 1. The second kappa shape index (κ2) is 5.12. The van der Waals surface area contributed by atoms with Crippen molar-refractivity contribution in [3.63, 3.8) is 0 Å². The van der Waals surface area contributed by atoms with Gasteiger partial charge in [-0.05, 0) is 64.0 Å². The minimum Gasteiger partial charge on any atom is -0.345 e. The lowest BCUT2D eigenvalue weighted by molar-refractivity contribution is 0.0607. The van der Waals surface area contributed by atoms with Crippen LogP contribution in [0.5, 0.6) is 0 Å². The summed E-state index contributed by atoms with van der Waals surface area (Å²) in [5.74, 6) is 0.251. The zero-order chi connectivity index (χ0) is 15.3. The average molecular weight is 301 g/mol. The van der Waals surface area contributed by atoms with Crippen LogP contribution in [0.4, 0.5) is 0 Å². The van der Waals surface area contributed by atoms with Crippen molar-refractivity contribution in [2.24, 2.45) is 5.41 Å². The molecule has 1 saturated carbocycles. The quantitative estimate of drug-likeness (QED) is 0.912. The zero-order valence-electron chi connectivity index (χ0n) is 13.8. The Labute approximate surface area is 132 Å². The number of nitrogens with zero attached hydrogens (tertiary/aromatic N) is 2. The molecule has 0 aromatic carbocycles. The molecule has 3 aliphatic rings. The molecule has 22 heavy (non-hydrogen) atoms. The summed E-state index contributed by atoms with van der Waals surface area (Å²) in [6, 6.07) is 2.76. The van der Waals surface area contributed by atoms with E-state index in [1.807, 2.05) is 0 Å². The summed E-state index contributed by atoms with van der Waals surface area (Å²) in [4.78, 5) is 15.0. The summed E-state index contributed by atoms with van der Waals surface area (Å²) in [5.41, 5.74) is 3.83. The molecule has 4 rings (SSSR count). The molecule has 4 heteroatoms. The number of carbonyl (C=O) groups is 1. The third-order valence-electron chi connectivity index (χ3n) is 6.07. The van der Waals surface area contributed by atoms with Gasteiger partial charge in [-0.2, -0.15) is 0 Å². The molecule has 0 radical (unpaired) electrons. The summed E-state index contributed by atoms with van der Waals surface area (Å²) in [6.45, 7) is 8.39. The van der Waals surface area contributed by atoms with Crippen LogP contribution < -0.4 is 5.32 Å². The Balaban J connectivity index is 1.49. The number of hydrogen-bond acceptors (Lipinski definition) is 2.